The lowest BCUT2D eigenvalue weighted by molar-refractivity contribution is -0.127. The van der Waals surface area contributed by atoms with Crippen LogP contribution in [0.25, 0.3) is 0 Å². The average molecular weight is 283 g/mol. The van der Waals surface area contributed by atoms with Crippen molar-refractivity contribution in [3.8, 4) is 0 Å². The number of hydrogen-bond donors (Lipinski definition) is 2. The fourth-order valence-corrected chi connectivity index (χ4v) is 2.42. The highest BCUT2D eigenvalue weighted by Crippen LogP contribution is 2.21. The molecule has 0 saturated carbocycles. The second kappa shape index (κ2) is 6.92. The molecular weight excluding hydrogens is 260 g/mol. The molecule has 1 saturated heterocycles. The van der Waals surface area contributed by atoms with Crippen LogP contribution in [-0.4, -0.2) is 19.0 Å². The Balaban J connectivity index is 0.00000180. The van der Waals surface area contributed by atoms with E-state index in [1.54, 1.807) is 0 Å². The second-order valence-corrected chi connectivity index (χ2v) is 5.50. The second-order valence-electron chi connectivity index (χ2n) is 5.50. The Kier molecular flexibility index (Phi) is 5.83. The highest BCUT2D eigenvalue weighted by atomic mass is 35.5. The zero-order chi connectivity index (χ0) is 13.0. The monoisotopic (exact) mass is 282 g/mol. The summed E-state index contributed by atoms with van der Waals surface area (Å²) in [4.78, 5) is 12.2. The molecule has 0 unspecified atom stereocenters. The van der Waals surface area contributed by atoms with Crippen molar-refractivity contribution >= 4 is 18.3 Å². The van der Waals surface area contributed by atoms with Gasteiger partial charge in [0.25, 0.3) is 0 Å². The number of amides is 1. The number of hydrogen-bond acceptors (Lipinski definition) is 2. The lowest BCUT2D eigenvalue weighted by Crippen LogP contribution is -2.46. The lowest BCUT2D eigenvalue weighted by Gasteiger charge is -2.30. The first-order valence-corrected chi connectivity index (χ1v) is 6.68. The van der Waals surface area contributed by atoms with Gasteiger partial charge in [-0.2, -0.15) is 0 Å². The van der Waals surface area contributed by atoms with E-state index >= 15 is 0 Å². The van der Waals surface area contributed by atoms with Crippen LogP contribution in [0.4, 0.5) is 0 Å². The van der Waals surface area contributed by atoms with Crippen LogP contribution in [0.15, 0.2) is 30.3 Å². The average Bonchev–Trinajstić information content (AvgIpc) is 2.40. The van der Waals surface area contributed by atoms with E-state index in [0.29, 0.717) is 0 Å². The van der Waals surface area contributed by atoms with Crippen LogP contribution in [0.1, 0.15) is 32.3 Å². The molecule has 1 aliphatic heterocycles. The largest absolute Gasteiger partial charge is 0.347 e. The predicted octanol–water partition coefficient (Wildman–Crippen LogP) is 2.46. The summed E-state index contributed by atoms with van der Waals surface area (Å²) in [5, 5.41) is 6.46. The molecule has 0 aliphatic carbocycles. The van der Waals surface area contributed by atoms with Crippen molar-refractivity contribution in [2.75, 3.05) is 13.1 Å². The fourth-order valence-electron chi connectivity index (χ4n) is 2.42. The number of benzene rings is 1. The molecule has 1 aromatic carbocycles. The van der Waals surface area contributed by atoms with Crippen molar-refractivity contribution < 1.29 is 4.79 Å². The number of carbonyl (C=O) groups is 1. The summed E-state index contributed by atoms with van der Waals surface area (Å²) in [6.07, 6.45) is 1.88. The van der Waals surface area contributed by atoms with Crippen molar-refractivity contribution in [1.82, 2.24) is 10.6 Å². The summed E-state index contributed by atoms with van der Waals surface area (Å²) in [5.74, 6) is 0.347. The lowest BCUT2D eigenvalue weighted by atomic mass is 9.91. The van der Waals surface area contributed by atoms with Gasteiger partial charge < -0.3 is 10.6 Å². The summed E-state index contributed by atoms with van der Waals surface area (Å²) < 4.78 is 0. The zero-order valence-corrected chi connectivity index (χ0v) is 12.4. The Morgan fingerprint density at radius 2 is 1.79 bits per heavy atom. The first-order valence-electron chi connectivity index (χ1n) is 6.68. The highest BCUT2D eigenvalue weighted by molar-refractivity contribution is 5.85. The molecule has 1 amide bonds. The topological polar surface area (TPSA) is 41.1 Å². The van der Waals surface area contributed by atoms with Gasteiger partial charge in [-0.05, 0) is 45.3 Å². The Bertz CT molecular complexity index is 400. The maximum atomic E-state index is 12.2. The summed E-state index contributed by atoms with van der Waals surface area (Å²) in [6, 6.07) is 10.1. The van der Waals surface area contributed by atoms with Crippen LogP contribution in [0.2, 0.25) is 0 Å². The van der Waals surface area contributed by atoms with Gasteiger partial charge in [-0.25, -0.2) is 0 Å². The molecule has 1 fully saturated rings. The molecule has 1 aliphatic rings. The third kappa shape index (κ3) is 4.22. The quantitative estimate of drug-likeness (QED) is 0.894. The van der Waals surface area contributed by atoms with Gasteiger partial charge in [-0.3, -0.25) is 4.79 Å². The molecule has 2 N–H and O–H groups in total. The molecule has 0 radical (unpaired) electrons. The maximum Gasteiger partial charge on any atom is 0.223 e. The van der Waals surface area contributed by atoms with E-state index in [0.717, 1.165) is 31.5 Å². The van der Waals surface area contributed by atoms with E-state index in [9.17, 15) is 4.79 Å². The molecule has 0 atom stereocenters. The summed E-state index contributed by atoms with van der Waals surface area (Å²) >= 11 is 0. The normalized spacial score (nSPS) is 16.5. The zero-order valence-electron chi connectivity index (χ0n) is 11.6. The fraction of sp³-hybridized carbons (Fsp3) is 0.533. The van der Waals surface area contributed by atoms with Gasteiger partial charge >= 0.3 is 0 Å². The standard InChI is InChI=1S/C15H22N2O.ClH/c1-15(2,13-6-4-3-5-7-13)17-14(18)12-8-10-16-11-9-12;/h3-7,12,16H,8-11H2,1-2H3,(H,17,18);1H. The molecule has 4 heteroatoms. The summed E-state index contributed by atoms with van der Waals surface area (Å²) in [7, 11) is 0. The van der Waals surface area contributed by atoms with E-state index < -0.39 is 0 Å². The predicted molar refractivity (Wildman–Crippen MR) is 80.5 cm³/mol. The number of nitrogens with one attached hydrogen (secondary N) is 2. The Labute approximate surface area is 121 Å². The molecule has 0 bridgehead atoms. The minimum atomic E-state index is -0.302. The number of rotatable bonds is 3. The molecule has 0 spiro atoms. The first kappa shape index (κ1) is 16.0. The molecule has 2 rings (SSSR count). The molecule has 19 heavy (non-hydrogen) atoms. The molecule has 3 nitrogen and oxygen atoms in total. The molecule has 1 aromatic rings. The van der Waals surface area contributed by atoms with E-state index in [4.69, 9.17) is 0 Å². The van der Waals surface area contributed by atoms with Crippen molar-refractivity contribution in [2.24, 2.45) is 5.92 Å². The number of piperidine rings is 1. The molecule has 1 heterocycles. The minimum absolute atomic E-state index is 0. The number of halogens is 1. The smallest absolute Gasteiger partial charge is 0.223 e. The molecule has 106 valence electrons. The van der Waals surface area contributed by atoms with Crippen molar-refractivity contribution in [3.05, 3.63) is 35.9 Å². The molecule has 0 aromatic heterocycles. The maximum absolute atomic E-state index is 12.2. The van der Waals surface area contributed by atoms with Crippen LogP contribution < -0.4 is 10.6 Å². The van der Waals surface area contributed by atoms with E-state index in [1.165, 1.54) is 0 Å². The Morgan fingerprint density at radius 1 is 1.21 bits per heavy atom. The van der Waals surface area contributed by atoms with E-state index in [1.807, 2.05) is 18.2 Å². The van der Waals surface area contributed by atoms with Gasteiger partial charge in [-0.15, -0.1) is 12.4 Å². The Morgan fingerprint density at radius 3 is 2.37 bits per heavy atom. The van der Waals surface area contributed by atoms with Gasteiger partial charge in [-0.1, -0.05) is 30.3 Å². The number of carbonyl (C=O) groups excluding carboxylic acids is 1. The van der Waals surface area contributed by atoms with Gasteiger partial charge in [0.15, 0.2) is 0 Å². The highest BCUT2D eigenvalue weighted by Gasteiger charge is 2.27. The van der Waals surface area contributed by atoms with Gasteiger partial charge in [0.1, 0.15) is 0 Å². The van der Waals surface area contributed by atoms with Crippen LogP contribution >= 0.6 is 12.4 Å². The third-order valence-electron chi connectivity index (χ3n) is 3.64. The third-order valence-corrected chi connectivity index (χ3v) is 3.64. The minimum Gasteiger partial charge on any atom is -0.347 e. The summed E-state index contributed by atoms with van der Waals surface area (Å²) in [5.41, 5.74) is 0.843. The van der Waals surface area contributed by atoms with Gasteiger partial charge in [0.05, 0.1) is 5.54 Å². The molecular formula is C15H23ClN2O. The van der Waals surface area contributed by atoms with Crippen LogP contribution in [0, 0.1) is 5.92 Å². The van der Waals surface area contributed by atoms with Gasteiger partial charge in [0, 0.05) is 5.92 Å². The first-order chi connectivity index (χ1) is 8.59. The van der Waals surface area contributed by atoms with Crippen molar-refractivity contribution in [2.45, 2.75) is 32.2 Å². The van der Waals surface area contributed by atoms with Crippen LogP contribution in [0.5, 0.6) is 0 Å². The SMILES string of the molecule is CC(C)(NC(=O)C1CCNCC1)c1ccccc1.Cl. The van der Waals surface area contributed by atoms with E-state index in [-0.39, 0.29) is 29.8 Å². The van der Waals surface area contributed by atoms with Crippen LogP contribution in [-0.2, 0) is 10.3 Å². The van der Waals surface area contributed by atoms with Crippen molar-refractivity contribution in [1.29, 1.82) is 0 Å². The van der Waals surface area contributed by atoms with E-state index in [2.05, 4.69) is 36.6 Å². The van der Waals surface area contributed by atoms with Crippen LogP contribution in [0.3, 0.4) is 0 Å². The Hall–Kier alpha value is -1.06. The van der Waals surface area contributed by atoms with Crippen molar-refractivity contribution in [3.63, 3.8) is 0 Å². The van der Waals surface area contributed by atoms with Gasteiger partial charge in [0.2, 0.25) is 5.91 Å². The summed E-state index contributed by atoms with van der Waals surface area (Å²) in [6.45, 7) is 6.01.